The topological polar surface area (TPSA) is 70.7 Å². The number of nitrogens with one attached hydrogen (secondary N) is 2. The Morgan fingerprint density at radius 1 is 1.39 bits per heavy atom. The van der Waals surface area contributed by atoms with Gasteiger partial charge >= 0.3 is 0 Å². The second kappa shape index (κ2) is 5.44. The summed E-state index contributed by atoms with van der Waals surface area (Å²) < 4.78 is 0. The highest BCUT2D eigenvalue weighted by atomic mass is 16.2. The van der Waals surface area contributed by atoms with Crippen molar-refractivity contribution in [3.63, 3.8) is 0 Å². The summed E-state index contributed by atoms with van der Waals surface area (Å²) in [6.45, 7) is 3.88. The first-order chi connectivity index (χ1) is 8.70. The Morgan fingerprint density at radius 3 is 2.72 bits per heavy atom. The smallest absolute Gasteiger partial charge is 0.291 e. The average Bonchev–Trinajstić information content (AvgIpc) is 2.88. The molecule has 2 aromatic rings. The van der Waals surface area contributed by atoms with Crippen LogP contribution in [-0.4, -0.2) is 21.1 Å². The Labute approximate surface area is 106 Å². The van der Waals surface area contributed by atoms with Crippen LogP contribution in [0.3, 0.4) is 0 Å². The summed E-state index contributed by atoms with van der Waals surface area (Å²) in [6, 6.07) is 9.71. The van der Waals surface area contributed by atoms with E-state index in [9.17, 15) is 4.79 Å². The van der Waals surface area contributed by atoms with Crippen LogP contribution >= 0.6 is 0 Å². The van der Waals surface area contributed by atoms with Crippen LogP contribution in [0.1, 0.15) is 41.9 Å². The number of benzene rings is 1. The molecule has 2 N–H and O–H groups in total. The summed E-state index contributed by atoms with van der Waals surface area (Å²) in [6.07, 6.45) is 0.731. The van der Waals surface area contributed by atoms with Gasteiger partial charge in [0.05, 0.1) is 6.04 Å². The molecule has 0 aliphatic carbocycles. The lowest BCUT2D eigenvalue weighted by molar-refractivity contribution is 0.0929. The Hall–Kier alpha value is -2.17. The number of carbonyl (C=O) groups is 1. The highest BCUT2D eigenvalue weighted by molar-refractivity contribution is 5.90. The molecule has 0 saturated heterocycles. The van der Waals surface area contributed by atoms with Gasteiger partial charge in [-0.15, -0.1) is 5.10 Å². The van der Waals surface area contributed by atoms with Crippen molar-refractivity contribution < 1.29 is 4.79 Å². The molecule has 94 valence electrons. The zero-order chi connectivity index (χ0) is 13.0. The van der Waals surface area contributed by atoms with E-state index in [1.165, 1.54) is 0 Å². The van der Waals surface area contributed by atoms with E-state index in [4.69, 9.17) is 0 Å². The minimum absolute atomic E-state index is 0.0673. The van der Waals surface area contributed by atoms with E-state index < -0.39 is 0 Å². The summed E-state index contributed by atoms with van der Waals surface area (Å²) in [4.78, 5) is 16.0. The minimum Gasteiger partial charge on any atom is -0.343 e. The predicted octanol–water partition coefficient (Wildman–Crippen LogP) is 1.86. The number of hydrogen-bond acceptors (Lipinski definition) is 3. The van der Waals surface area contributed by atoms with Crippen LogP contribution in [0.25, 0.3) is 0 Å². The summed E-state index contributed by atoms with van der Waals surface area (Å²) >= 11 is 0. The lowest BCUT2D eigenvalue weighted by Crippen LogP contribution is -2.27. The molecule has 0 spiro atoms. The average molecular weight is 244 g/mol. The molecule has 0 saturated carbocycles. The molecule has 5 heteroatoms. The number of rotatable bonds is 4. The van der Waals surface area contributed by atoms with Gasteiger partial charge in [-0.25, -0.2) is 4.98 Å². The molecule has 1 amide bonds. The van der Waals surface area contributed by atoms with E-state index in [1.54, 1.807) is 0 Å². The monoisotopic (exact) mass is 244 g/mol. The third-order valence-corrected chi connectivity index (χ3v) is 2.72. The summed E-state index contributed by atoms with van der Waals surface area (Å²) in [5.41, 5.74) is 1.05. The van der Waals surface area contributed by atoms with Gasteiger partial charge in [-0.05, 0) is 12.5 Å². The molecule has 0 aliphatic rings. The second-order valence-electron chi connectivity index (χ2n) is 4.07. The van der Waals surface area contributed by atoms with Gasteiger partial charge in [0.25, 0.3) is 5.91 Å². The van der Waals surface area contributed by atoms with E-state index in [1.807, 2.05) is 44.2 Å². The van der Waals surface area contributed by atoms with Crippen LogP contribution in [0.15, 0.2) is 30.3 Å². The number of amides is 1. The zero-order valence-electron chi connectivity index (χ0n) is 10.5. The molecule has 0 bridgehead atoms. The van der Waals surface area contributed by atoms with Crippen LogP contribution in [0.5, 0.6) is 0 Å². The fourth-order valence-electron chi connectivity index (χ4n) is 1.64. The SMILES string of the molecule is CCc1nc(C(=O)N[C@@H](C)c2ccccc2)n[nH]1. The molecule has 0 fully saturated rings. The molecule has 0 unspecified atom stereocenters. The summed E-state index contributed by atoms with van der Waals surface area (Å²) in [5, 5.41) is 9.48. The largest absolute Gasteiger partial charge is 0.343 e. The fraction of sp³-hybridized carbons (Fsp3) is 0.308. The Bertz CT molecular complexity index is 521. The van der Waals surface area contributed by atoms with Crippen molar-refractivity contribution in [1.82, 2.24) is 20.5 Å². The molecule has 0 aliphatic heterocycles. The molecule has 1 aromatic heterocycles. The molecular weight excluding hydrogens is 228 g/mol. The maximum Gasteiger partial charge on any atom is 0.291 e. The summed E-state index contributed by atoms with van der Waals surface area (Å²) in [5.74, 6) is 0.643. The van der Waals surface area contributed by atoms with Crippen LogP contribution < -0.4 is 5.32 Å². The first kappa shape index (κ1) is 12.3. The highest BCUT2D eigenvalue weighted by Crippen LogP contribution is 2.11. The van der Waals surface area contributed by atoms with Crippen molar-refractivity contribution in [2.45, 2.75) is 26.3 Å². The van der Waals surface area contributed by atoms with Gasteiger partial charge in [0.2, 0.25) is 5.82 Å². The van der Waals surface area contributed by atoms with Gasteiger partial charge in [0.15, 0.2) is 0 Å². The lowest BCUT2D eigenvalue weighted by atomic mass is 10.1. The molecule has 1 heterocycles. The normalized spacial score (nSPS) is 12.1. The van der Waals surface area contributed by atoms with Gasteiger partial charge in [0.1, 0.15) is 5.82 Å². The molecule has 5 nitrogen and oxygen atoms in total. The maximum atomic E-state index is 11.9. The van der Waals surface area contributed by atoms with Gasteiger partial charge in [-0.2, -0.15) is 0 Å². The zero-order valence-corrected chi connectivity index (χ0v) is 10.5. The Morgan fingerprint density at radius 2 is 2.11 bits per heavy atom. The fourth-order valence-corrected chi connectivity index (χ4v) is 1.64. The molecular formula is C13H16N4O. The minimum atomic E-state index is -0.262. The number of aryl methyl sites for hydroxylation is 1. The first-order valence-electron chi connectivity index (χ1n) is 5.97. The van der Waals surface area contributed by atoms with Gasteiger partial charge < -0.3 is 5.32 Å². The predicted molar refractivity (Wildman–Crippen MR) is 68.1 cm³/mol. The number of carbonyl (C=O) groups excluding carboxylic acids is 1. The molecule has 1 atom stereocenters. The number of hydrogen-bond donors (Lipinski definition) is 2. The number of aromatic nitrogens is 3. The van der Waals surface area contributed by atoms with Crippen molar-refractivity contribution in [1.29, 1.82) is 0 Å². The van der Waals surface area contributed by atoms with Crippen molar-refractivity contribution in [2.75, 3.05) is 0 Å². The van der Waals surface area contributed by atoms with Crippen molar-refractivity contribution >= 4 is 5.91 Å². The Kier molecular flexibility index (Phi) is 3.72. The number of aromatic amines is 1. The van der Waals surface area contributed by atoms with E-state index in [-0.39, 0.29) is 17.8 Å². The van der Waals surface area contributed by atoms with Crippen LogP contribution in [0.2, 0.25) is 0 Å². The third-order valence-electron chi connectivity index (χ3n) is 2.72. The van der Waals surface area contributed by atoms with E-state index in [0.717, 1.165) is 12.0 Å². The first-order valence-corrected chi connectivity index (χ1v) is 5.97. The molecule has 1 aromatic carbocycles. The number of nitrogens with zero attached hydrogens (tertiary/aromatic N) is 2. The molecule has 2 rings (SSSR count). The second-order valence-corrected chi connectivity index (χ2v) is 4.07. The van der Waals surface area contributed by atoms with Crippen molar-refractivity contribution in [2.24, 2.45) is 0 Å². The van der Waals surface area contributed by atoms with Gasteiger partial charge in [0, 0.05) is 6.42 Å². The molecule has 0 radical (unpaired) electrons. The van der Waals surface area contributed by atoms with Gasteiger partial charge in [-0.3, -0.25) is 9.89 Å². The molecule has 18 heavy (non-hydrogen) atoms. The van der Waals surface area contributed by atoms with E-state index in [2.05, 4.69) is 20.5 Å². The van der Waals surface area contributed by atoms with Gasteiger partial charge in [-0.1, -0.05) is 37.3 Å². The van der Waals surface area contributed by atoms with Crippen LogP contribution in [0, 0.1) is 0 Å². The van der Waals surface area contributed by atoms with E-state index in [0.29, 0.717) is 5.82 Å². The maximum absolute atomic E-state index is 11.9. The summed E-state index contributed by atoms with van der Waals surface area (Å²) in [7, 11) is 0. The lowest BCUT2D eigenvalue weighted by Gasteiger charge is -2.12. The van der Waals surface area contributed by atoms with Crippen LogP contribution in [-0.2, 0) is 6.42 Å². The van der Waals surface area contributed by atoms with E-state index >= 15 is 0 Å². The standard InChI is InChI=1S/C13H16N4O/c1-3-11-15-12(17-16-11)13(18)14-9(2)10-7-5-4-6-8-10/h4-9H,3H2,1-2H3,(H,14,18)(H,15,16,17)/t9-/m0/s1. The quantitative estimate of drug-likeness (QED) is 0.862. The number of H-pyrrole nitrogens is 1. The third kappa shape index (κ3) is 2.74. The highest BCUT2D eigenvalue weighted by Gasteiger charge is 2.15. The van der Waals surface area contributed by atoms with Crippen molar-refractivity contribution in [3.8, 4) is 0 Å². The Balaban J connectivity index is 2.03. The van der Waals surface area contributed by atoms with Crippen molar-refractivity contribution in [3.05, 3.63) is 47.5 Å². The van der Waals surface area contributed by atoms with Crippen LogP contribution in [0.4, 0.5) is 0 Å².